The molecule has 2 fully saturated rings. The van der Waals surface area contributed by atoms with E-state index in [2.05, 4.69) is 35.7 Å². The fourth-order valence-electron chi connectivity index (χ4n) is 3.51. The van der Waals surface area contributed by atoms with Gasteiger partial charge in [0.2, 0.25) is 0 Å². The van der Waals surface area contributed by atoms with E-state index in [1.807, 2.05) is 0 Å². The average molecular weight is 222 g/mol. The molecule has 0 unspecified atom stereocenters. The lowest BCUT2D eigenvalue weighted by Crippen LogP contribution is -2.56. The number of likely N-dealkylation sites (tertiary alicyclic amines) is 1. The topological polar surface area (TPSA) is 52.0 Å². The second-order valence-electron chi connectivity index (χ2n) is 6.38. The van der Waals surface area contributed by atoms with Gasteiger partial charge in [0.15, 0.2) is 0 Å². The summed E-state index contributed by atoms with van der Waals surface area (Å²) in [5.74, 6) is 0.826. The molecule has 1 saturated carbocycles. The van der Waals surface area contributed by atoms with E-state index in [0.717, 1.165) is 19.0 Å². The summed E-state index contributed by atoms with van der Waals surface area (Å²) in [6.07, 6.45) is 3.95. The monoisotopic (exact) mass is 222 g/mol. The van der Waals surface area contributed by atoms with Gasteiger partial charge in [-0.2, -0.15) is 0 Å². The molecule has 16 heavy (non-hydrogen) atoms. The maximum Gasteiger partial charge on any atom is 0.0628 e. The molecule has 4 heteroatoms. The Labute approximate surface area is 97.6 Å². The van der Waals surface area contributed by atoms with E-state index in [1.54, 1.807) is 0 Å². The molecule has 0 N–H and O–H groups in total. The Bertz CT molecular complexity index is 300. The van der Waals surface area contributed by atoms with Gasteiger partial charge in [0.1, 0.15) is 0 Å². The van der Waals surface area contributed by atoms with Crippen molar-refractivity contribution in [3.63, 3.8) is 0 Å². The largest absolute Gasteiger partial charge is 0.299 e. The fourth-order valence-corrected chi connectivity index (χ4v) is 3.51. The van der Waals surface area contributed by atoms with Crippen molar-refractivity contribution < 1.29 is 0 Å². The summed E-state index contributed by atoms with van der Waals surface area (Å²) in [6, 6.07) is 0.939. The molecule has 0 spiro atoms. The predicted molar refractivity (Wildman–Crippen MR) is 65.1 cm³/mol. The van der Waals surface area contributed by atoms with Crippen molar-refractivity contribution in [3.8, 4) is 0 Å². The van der Waals surface area contributed by atoms with E-state index >= 15 is 0 Å². The Morgan fingerprint density at radius 3 is 2.56 bits per heavy atom. The van der Waals surface area contributed by atoms with Gasteiger partial charge >= 0.3 is 0 Å². The van der Waals surface area contributed by atoms with Crippen LogP contribution in [0.1, 0.15) is 40.0 Å². The van der Waals surface area contributed by atoms with Crippen LogP contribution < -0.4 is 0 Å². The van der Waals surface area contributed by atoms with Crippen molar-refractivity contribution in [2.24, 2.45) is 16.4 Å². The van der Waals surface area contributed by atoms with Gasteiger partial charge in [-0.25, -0.2) is 0 Å². The van der Waals surface area contributed by atoms with Gasteiger partial charge < -0.3 is 0 Å². The standard InChI is InChI=1S/C12H22N4/c1-9-4-11(6-12(2,3)5-9)16-7-10(8-16)14-15-13/h9-11H,4-8H2,1-3H3/t9-,11+/m0/s1. The maximum atomic E-state index is 8.36. The zero-order valence-corrected chi connectivity index (χ0v) is 10.6. The molecule has 90 valence electrons. The van der Waals surface area contributed by atoms with Crippen LogP contribution in [0.4, 0.5) is 0 Å². The SMILES string of the molecule is C[C@H]1C[C@@H](N2CC(N=[N+]=[N-])C2)CC(C)(C)C1. The number of hydrogen-bond acceptors (Lipinski definition) is 2. The summed E-state index contributed by atoms with van der Waals surface area (Å²) >= 11 is 0. The van der Waals surface area contributed by atoms with Crippen molar-refractivity contribution in [3.05, 3.63) is 10.4 Å². The third-order valence-corrected chi connectivity index (χ3v) is 3.99. The van der Waals surface area contributed by atoms with E-state index in [-0.39, 0.29) is 6.04 Å². The van der Waals surface area contributed by atoms with Crippen LogP contribution in [0.15, 0.2) is 5.11 Å². The molecule has 1 aliphatic heterocycles. The number of azide groups is 1. The van der Waals surface area contributed by atoms with Crippen LogP contribution in [-0.2, 0) is 0 Å². The van der Waals surface area contributed by atoms with Crippen LogP contribution in [0.5, 0.6) is 0 Å². The summed E-state index contributed by atoms with van der Waals surface area (Å²) < 4.78 is 0. The highest BCUT2D eigenvalue weighted by Gasteiger charge is 2.39. The molecular formula is C12H22N4. The normalized spacial score (nSPS) is 35.2. The van der Waals surface area contributed by atoms with Gasteiger partial charge in [0.05, 0.1) is 6.04 Å². The minimum Gasteiger partial charge on any atom is -0.299 e. The highest BCUT2D eigenvalue weighted by molar-refractivity contribution is 4.95. The van der Waals surface area contributed by atoms with Crippen molar-refractivity contribution in [1.29, 1.82) is 0 Å². The molecule has 0 bridgehead atoms. The Hall–Kier alpha value is -0.730. The second-order valence-corrected chi connectivity index (χ2v) is 6.38. The summed E-state index contributed by atoms with van der Waals surface area (Å²) in [6.45, 7) is 9.05. The number of nitrogens with zero attached hydrogens (tertiary/aromatic N) is 4. The van der Waals surface area contributed by atoms with Crippen LogP contribution in [0, 0.1) is 11.3 Å². The lowest BCUT2D eigenvalue weighted by molar-refractivity contribution is 0.0191. The Kier molecular flexibility index (Phi) is 3.13. The first kappa shape index (κ1) is 11.7. The van der Waals surface area contributed by atoms with E-state index in [0.29, 0.717) is 11.5 Å². The summed E-state index contributed by atoms with van der Waals surface area (Å²) in [7, 11) is 0. The van der Waals surface area contributed by atoms with Crippen LogP contribution >= 0.6 is 0 Å². The van der Waals surface area contributed by atoms with Crippen molar-refractivity contribution in [2.75, 3.05) is 13.1 Å². The third-order valence-electron chi connectivity index (χ3n) is 3.99. The van der Waals surface area contributed by atoms with Gasteiger partial charge in [0, 0.05) is 24.0 Å². The average Bonchev–Trinajstić information content (AvgIpc) is 2.06. The van der Waals surface area contributed by atoms with Gasteiger partial charge in [-0.15, -0.1) is 0 Å². The van der Waals surface area contributed by atoms with E-state index in [1.165, 1.54) is 19.3 Å². The van der Waals surface area contributed by atoms with E-state index in [9.17, 15) is 0 Å². The lowest BCUT2D eigenvalue weighted by Gasteiger charge is -2.49. The molecular weight excluding hydrogens is 200 g/mol. The van der Waals surface area contributed by atoms with Gasteiger partial charge in [-0.05, 0) is 36.1 Å². The Morgan fingerprint density at radius 1 is 1.31 bits per heavy atom. The van der Waals surface area contributed by atoms with Crippen LogP contribution in [-0.4, -0.2) is 30.1 Å². The Morgan fingerprint density at radius 2 is 2.00 bits per heavy atom. The van der Waals surface area contributed by atoms with E-state index < -0.39 is 0 Å². The molecule has 0 amide bonds. The maximum absolute atomic E-state index is 8.36. The van der Waals surface area contributed by atoms with Crippen molar-refractivity contribution in [1.82, 2.24) is 4.90 Å². The van der Waals surface area contributed by atoms with Crippen molar-refractivity contribution >= 4 is 0 Å². The summed E-state index contributed by atoms with van der Waals surface area (Å²) in [4.78, 5) is 5.38. The summed E-state index contributed by atoms with van der Waals surface area (Å²) in [5, 5.41) is 3.77. The predicted octanol–water partition coefficient (Wildman–Crippen LogP) is 3.20. The second kappa shape index (κ2) is 4.27. The molecule has 0 radical (unpaired) electrons. The third kappa shape index (κ3) is 2.50. The molecule has 2 aliphatic rings. The van der Waals surface area contributed by atoms with E-state index in [4.69, 9.17) is 5.53 Å². The molecule has 0 aromatic heterocycles. The molecule has 2 rings (SSSR count). The Balaban J connectivity index is 1.89. The molecule has 2 atom stereocenters. The number of rotatable bonds is 2. The van der Waals surface area contributed by atoms with Gasteiger partial charge in [-0.3, -0.25) is 4.90 Å². The zero-order valence-electron chi connectivity index (χ0n) is 10.6. The first-order valence-electron chi connectivity index (χ1n) is 6.28. The molecule has 1 heterocycles. The molecule has 4 nitrogen and oxygen atoms in total. The van der Waals surface area contributed by atoms with Crippen LogP contribution in [0.3, 0.4) is 0 Å². The van der Waals surface area contributed by atoms with Crippen LogP contribution in [0.25, 0.3) is 10.4 Å². The fraction of sp³-hybridized carbons (Fsp3) is 1.00. The first-order valence-corrected chi connectivity index (χ1v) is 6.28. The zero-order chi connectivity index (χ0) is 11.8. The smallest absolute Gasteiger partial charge is 0.0628 e. The quantitative estimate of drug-likeness (QED) is 0.402. The highest BCUT2D eigenvalue weighted by atomic mass is 15.3. The minimum absolute atomic E-state index is 0.227. The highest BCUT2D eigenvalue weighted by Crippen LogP contribution is 2.41. The number of hydrogen-bond donors (Lipinski definition) is 0. The van der Waals surface area contributed by atoms with Crippen LogP contribution in [0.2, 0.25) is 0 Å². The van der Waals surface area contributed by atoms with Gasteiger partial charge in [0.25, 0.3) is 0 Å². The van der Waals surface area contributed by atoms with Gasteiger partial charge in [-0.1, -0.05) is 25.9 Å². The minimum atomic E-state index is 0.227. The molecule has 1 aliphatic carbocycles. The molecule has 0 aromatic rings. The molecule has 0 aromatic carbocycles. The molecule has 1 saturated heterocycles. The first-order chi connectivity index (χ1) is 7.50. The summed E-state index contributed by atoms with van der Waals surface area (Å²) in [5.41, 5.74) is 8.84. The van der Waals surface area contributed by atoms with Crippen molar-refractivity contribution in [2.45, 2.75) is 52.1 Å². The lowest BCUT2D eigenvalue weighted by atomic mass is 9.70.